The van der Waals surface area contributed by atoms with Crippen LogP contribution in [0.25, 0.3) is 6.08 Å². The highest BCUT2D eigenvalue weighted by Gasteiger charge is 2.04. The van der Waals surface area contributed by atoms with E-state index >= 15 is 0 Å². The fourth-order valence-corrected chi connectivity index (χ4v) is 1.21. The van der Waals surface area contributed by atoms with Gasteiger partial charge in [0.1, 0.15) is 0 Å². The second kappa shape index (κ2) is 6.29. The number of carboxylic acids is 1. The third-order valence-electron chi connectivity index (χ3n) is 2.15. The number of carbonyl (C=O) groups excluding carboxylic acids is 1. The number of benzene rings is 1. The van der Waals surface area contributed by atoms with Crippen LogP contribution in [-0.4, -0.2) is 21.8 Å². The summed E-state index contributed by atoms with van der Waals surface area (Å²) in [6, 6.07) is 5.70. The Morgan fingerprint density at radius 1 is 1.22 bits per heavy atom. The van der Waals surface area contributed by atoms with Crippen LogP contribution in [0.5, 0.6) is 0 Å². The van der Waals surface area contributed by atoms with E-state index in [0.29, 0.717) is 5.56 Å². The first-order chi connectivity index (χ1) is 8.49. The lowest BCUT2D eigenvalue weighted by molar-refractivity contribution is -0.384. The van der Waals surface area contributed by atoms with Crippen molar-refractivity contribution in [1.29, 1.82) is 0 Å². The summed E-state index contributed by atoms with van der Waals surface area (Å²) < 4.78 is 0. The van der Waals surface area contributed by atoms with Crippen LogP contribution in [0.4, 0.5) is 5.69 Å². The number of nitro benzene ring substituents is 1. The largest absolute Gasteiger partial charge is 0.481 e. The minimum atomic E-state index is -1.02. The fraction of sp³-hybridized carbons (Fsp3) is 0.167. The van der Waals surface area contributed by atoms with Gasteiger partial charge in [0.15, 0.2) is 5.78 Å². The average molecular weight is 249 g/mol. The first-order valence-electron chi connectivity index (χ1n) is 5.16. The van der Waals surface area contributed by atoms with Gasteiger partial charge < -0.3 is 5.11 Å². The lowest BCUT2D eigenvalue weighted by atomic mass is 10.1. The number of allylic oxidation sites excluding steroid dienone is 1. The predicted octanol–water partition coefficient (Wildman–Crippen LogP) is 2.04. The van der Waals surface area contributed by atoms with E-state index in [1.807, 2.05) is 0 Å². The zero-order valence-electron chi connectivity index (χ0n) is 9.41. The number of nitro groups is 1. The van der Waals surface area contributed by atoms with E-state index in [1.165, 1.54) is 36.4 Å². The maximum absolute atomic E-state index is 11.2. The van der Waals surface area contributed by atoms with Gasteiger partial charge in [0.25, 0.3) is 5.69 Å². The number of ketones is 1. The van der Waals surface area contributed by atoms with Gasteiger partial charge in [-0.3, -0.25) is 19.7 Å². The van der Waals surface area contributed by atoms with E-state index in [-0.39, 0.29) is 24.3 Å². The molecule has 0 saturated carbocycles. The number of hydrogen-bond donors (Lipinski definition) is 1. The third kappa shape index (κ3) is 4.56. The fourth-order valence-electron chi connectivity index (χ4n) is 1.21. The molecule has 1 rings (SSSR count). The molecular formula is C12H11NO5. The van der Waals surface area contributed by atoms with Crippen LogP contribution in [0.1, 0.15) is 18.4 Å². The van der Waals surface area contributed by atoms with Crippen molar-refractivity contribution >= 4 is 23.5 Å². The Balaban J connectivity index is 2.58. The molecule has 1 aromatic rings. The van der Waals surface area contributed by atoms with E-state index in [4.69, 9.17) is 5.11 Å². The molecule has 6 nitrogen and oxygen atoms in total. The van der Waals surface area contributed by atoms with E-state index in [0.717, 1.165) is 0 Å². The van der Waals surface area contributed by atoms with Crippen LogP contribution in [-0.2, 0) is 9.59 Å². The van der Waals surface area contributed by atoms with Gasteiger partial charge in [-0.05, 0) is 23.8 Å². The molecule has 1 aromatic carbocycles. The highest BCUT2D eigenvalue weighted by molar-refractivity contribution is 5.95. The van der Waals surface area contributed by atoms with Gasteiger partial charge >= 0.3 is 5.97 Å². The highest BCUT2D eigenvalue weighted by Crippen LogP contribution is 2.12. The topological polar surface area (TPSA) is 97.5 Å². The second-order valence-corrected chi connectivity index (χ2v) is 3.54. The molecule has 0 heterocycles. The Hall–Kier alpha value is -2.50. The van der Waals surface area contributed by atoms with Crippen molar-refractivity contribution in [2.45, 2.75) is 12.8 Å². The zero-order chi connectivity index (χ0) is 13.5. The van der Waals surface area contributed by atoms with Gasteiger partial charge in [0, 0.05) is 18.6 Å². The monoisotopic (exact) mass is 249 g/mol. The molecule has 0 aliphatic heterocycles. The van der Waals surface area contributed by atoms with E-state index in [1.54, 1.807) is 0 Å². The van der Waals surface area contributed by atoms with Crippen LogP contribution < -0.4 is 0 Å². The smallest absolute Gasteiger partial charge is 0.303 e. The van der Waals surface area contributed by atoms with Crippen molar-refractivity contribution in [3.63, 3.8) is 0 Å². The molecule has 0 amide bonds. The first-order valence-corrected chi connectivity index (χ1v) is 5.16. The molecule has 0 radical (unpaired) electrons. The van der Waals surface area contributed by atoms with Crippen LogP contribution in [0.15, 0.2) is 30.3 Å². The summed E-state index contributed by atoms with van der Waals surface area (Å²) in [6.07, 6.45) is 2.50. The quantitative estimate of drug-likeness (QED) is 0.472. The third-order valence-corrected chi connectivity index (χ3v) is 2.15. The Labute approximate surface area is 103 Å². The second-order valence-electron chi connectivity index (χ2n) is 3.54. The van der Waals surface area contributed by atoms with E-state index in [2.05, 4.69) is 0 Å². The maximum Gasteiger partial charge on any atom is 0.303 e. The Morgan fingerprint density at radius 2 is 1.83 bits per heavy atom. The molecule has 94 valence electrons. The Bertz CT molecular complexity index is 490. The van der Waals surface area contributed by atoms with Crippen molar-refractivity contribution in [2.24, 2.45) is 0 Å². The van der Waals surface area contributed by atoms with Gasteiger partial charge in [-0.25, -0.2) is 0 Å². The molecule has 0 aliphatic carbocycles. The number of carboxylic acid groups (broad SMARTS) is 1. The van der Waals surface area contributed by atoms with Crippen molar-refractivity contribution in [2.75, 3.05) is 0 Å². The van der Waals surface area contributed by atoms with Crippen LogP contribution >= 0.6 is 0 Å². The Morgan fingerprint density at radius 3 is 2.33 bits per heavy atom. The number of hydrogen-bond acceptors (Lipinski definition) is 4. The van der Waals surface area contributed by atoms with Crippen molar-refractivity contribution in [3.05, 3.63) is 46.0 Å². The molecule has 1 N–H and O–H groups in total. The molecule has 0 bridgehead atoms. The number of aliphatic carboxylic acids is 1. The van der Waals surface area contributed by atoms with E-state index < -0.39 is 10.9 Å². The normalized spacial score (nSPS) is 10.4. The van der Waals surface area contributed by atoms with Gasteiger partial charge in [0.2, 0.25) is 0 Å². The molecule has 0 saturated heterocycles. The summed E-state index contributed by atoms with van der Waals surface area (Å²) in [5, 5.41) is 18.8. The molecule has 0 aromatic heterocycles. The van der Waals surface area contributed by atoms with Gasteiger partial charge in [-0.2, -0.15) is 0 Å². The average Bonchev–Trinajstić information content (AvgIpc) is 2.34. The summed E-state index contributed by atoms with van der Waals surface area (Å²) in [6.45, 7) is 0. The first kappa shape index (κ1) is 13.6. The van der Waals surface area contributed by atoms with Gasteiger partial charge in [0.05, 0.1) is 11.3 Å². The van der Waals surface area contributed by atoms with Crippen molar-refractivity contribution < 1.29 is 19.6 Å². The Kier molecular flexibility index (Phi) is 4.74. The molecule has 0 atom stereocenters. The summed E-state index contributed by atoms with van der Waals surface area (Å²) in [4.78, 5) is 31.4. The van der Waals surface area contributed by atoms with Crippen LogP contribution in [0, 0.1) is 10.1 Å². The zero-order valence-corrected chi connectivity index (χ0v) is 9.41. The van der Waals surface area contributed by atoms with E-state index in [9.17, 15) is 19.7 Å². The summed E-state index contributed by atoms with van der Waals surface area (Å²) in [5.74, 6) is -1.32. The summed E-state index contributed by atoms with van der Waals surface area (Å²) in [5.41, 5.74) is 0.619. The van der Waals surface area contributed by atoms with Crippen LogP contribution in [0.2, 0.25) is 0 Å². The molecule has 0 aliphatic rings. The van der Waals surface area contributed by atoms with Crippen LogP contribution in [0.3, 0.4) is 0 Å². The lowest BCUT2D eigenvalue weighted by Gasteiger charge is -1.94. The lowest BCUT2D eigenvalue weighted by Crippen LogP contribution is -1.99. The van der Waals surface area contributed by atoms with Crippen molar-refractivity contribution in [3.8, 4) is 0 Å². The summed E-state index contributed by atoms with van der Waals surface area (Å²) >= 11 is 0. The minimum absolute atomic E-state index is 0.0237. The summed E-state index contributed by atoms with van der Waals surface area (Å²) in [7, 11) is 0. The molecule has 0 unspecified atom stereocenters. The van der Waals surface area contributed by atoms with Gasteiger partial charge in [-0.15, -0.1) is 0 Å². The molecule has 18 heavy (non-hydrogen) atoms. The van der Waals surface area contributed by atoms with Gasteiger partial charge in [-0.1, -0.05) is 6.08 Å². The number of carbonyl (C=O) groups is 2. The molecule has 0 spiro atoms. The molecular weight excluding hydrogens is 238 g/mol. The molecule has 0 fully saturated rings. The highest BCUT2D eigenvalue weighted by atomic mass is 16.6. The number of rotatable bonds is 6. The standard InChI is InChI=1S/C12H11NO5/c14-11(7-8-12(15)16)6-3-9-1-4-10(5-2-9)13(17)18/h1-6H,7-8H2,(H,15,16). The van der Waals surface area contributed by atoms with Crippen molar-refractivity contribution in [1.82, 2.24) is 0 Å². The minimum Gasteiger partial charge on any atom is -0.481 e. The maximum atomic E-state index is 11.2. The SMILES string of the molecule is O=C(O)CCC(=O)C=Cc1ccc([N+](=O)[O-])cc1. The number of nitrogens with zero attached hydrogens (tertiary/aromatic N) is 1. The number of non-ortho nitro benzene ring substituents is 1. The predicted molar refractivity (Wildman–Crippen MR) is 64.0 cm³/mol. The molecule has 6 heteroatoms.